The lowest BCUT2D eigenvalue weighted by atomic mass is 10.1. The number of fused-ring (bicyclic) bond motifs is 1. The van der Waals surface area contributed by atoms with Crippen molar-refractivity contribution >= 4 is 26.7 Å². The Morgan fingerprint density at radius 1 is 1.07 bits per heavy atom. The fourth-order valence-corrected chi connectivity index (χ4v) is 5.45. The molecule has 0 bridgehead atoms. The number of hydrogen-bond donors (Lipinski definition) is 1. The first kappa shape index (κ1) is 18.9. The second-order valence-electron chi connectivity index (χ2n) is 7.35. The van der Waals surface area contributed by atoms with Gasteiger partial charge in [0.05, 0.1) is 10.4 Å². The molecule has 146 valence electrons. The lowest BCUT2D eigenvalue weighted by Crippen LogP contribution is -2.41. The van der Waals surface area contributed by atoms with E-state index in [0.717, 1.165) is 36.0 Å². The van der Waals surface area contributed by atoms with Gasteiger partial charge in [0.25, 0.3) is 0 Å². The van der Waals surface area contributed by atoms with Crippen LogP contribution in [0.3, 0.4) is 0 Å². The number of sulfonamides is 1. The number of aromatic nitrogens is 1. The number of nitrogens with one attached hydrogen (secondary N) is 1. The van der Waals surface area contributed by atoms with Crippen LogP contribution in [0.1, 0.15) is 31.7 Å². The topological polar surface area (TPSA) is 62.3 Å². The van der Waals surface area contributed by atoms with Crippen molar-refractivity contribution in [2.45, 2.75) is 43.7 Å². The quantitative estimate of drug-likeness (QED) is 0.695. The molecule has 1 N–H and O–H groups in total. The summed E-state index contributed by atoms with van der Waals surface area (Å²) in [5.74, 6) is 0.775. The first-order valence-corrected chi connectivity index (χ1v) is 11.2. The molecule has 0 saturated carbocycles. The van der Waals surface area contributed by atoms with Crippen LogP contribution < -0.4 is 5.32 Å². The molecule has 2 heterocycles. The molecular formula is C22H25N3O2S. The molecule has 4 rings (SSSR count). The van der Waals surface area contributed by atoms with E-state index in [-0.39, 0.29) is 6.04 Å². The number of hydrogen-bond acceptors (Lipinski definition) is 4. The third-order valence-electron chi connectivity index (χ3n) is 5.33. The molecule has 3 aromatic rings. The average molecular weight is 396 g/mol. The number of rotatable bonds is 5. The summed E-state index contributed by atoms with van der Waals surface area (Å²) in [6.45, 7) is 3.28. The van der Waals surface area contributed by atoms with Gasteiger partial charge in [-0.05, 0) is 55.7 Å². The monoisotopic (exact) mass is 395 g/mol. The van der Waals surface area contributed by atoms with Crippen LogP contribution in [0.4, 0.5) is 5.82 Å². The molecule has 1 aliphatic heterocycles. The smallest absolute Gasteiger partial charge is 0.243 e. The number of anilines is 1. The van der Waals surface area contributed by atoms with Crippen LogP contribution in [-0.4, -0.2) is 30.3 Å². The lowest BCUT2D eigenvalue weighted by molar-refractivity contribution is 0.268. The van der Waals surface area contributed by atoms with E-state index >= 15 is 0 Å². The summed E-state index contributed by atoms with van der Waals surface area (Å²) in [6.07, 6.45) is 2.94. The Balaban J connectivity index is 1.56. The van der Waals surface area contributed by atoms with Gasteiger partial charge in [-0.25, -0.2) is 13.4 Å². The Hall–Kier alpha value is -2.44. The predicted octanol–water partition coefficient (Wildman–Crippen LogP) is 4.41. The van der Waals surface area contributed by atoms with E-state index in [1.807, 2.05) is 37.3 Å². The summed E-state index contributed by atoms with van der Waals surface area (Å²) in [5.41, 5.74) is 1.96. The van der Waals surface area contributed by atoms with Crippen molar-refractivity contribution in [2.24, 2.45) is 0 Å². The summed E-state index contributed by atoms with van der Waals surface area (Å²) < 4.78 is 27.8. The van der Waals surface area contributed by atoms with Gasteiger partial charge < -0.3 is 5.32 Å². The number of piperidine rings is 1. The van der Waals surface area contributed by atoms with Gasteiger partial charge in [-0.1, -0.05) is 36.8 Å². The minimum absolute atomic E-state index is 0.0529. The molecule has 1 aliphatic rings. The predicted molar refractivity (Wildman–Crippen MR) is 113 cm³/mol. The molecule has 1 aromatic heterocycles. The summed E-state index contributed by atoms with van der Waals surface area (Å²) in [5, 5.41) is 4.15. The minimum atomic E-state index is -3.47. The highest BCUT2D eigenvalue weighted by molar-refractivity contribution is 7.89. The molecule has 1 fully saturated rings. The standard InChI is InChI=1S/C22H25N3O2S/c1-17-7-5-6-14-25(17)28(26,27)20-11-12-21-19(15-20)10-13-22(24-21)23-16-18-8-3-2-4-9-18/h2-4,8-13,15,17H,5-7,14,16H2,1H3,(H,23,24)/t17-/m1/s1. The highest BCUT2D eigenvalue weighted by atomic mass is 32.2. The van der Waals surface area contributed by atoms with Crippen LogP contribution >= 0.6 is 0 Å². The number of nitrogens with zero attached hydrogens (tertiary/aromatic N) is 2. The normalized spacial score (nSPS) is 18.2. The van der Waals surface area contributed by atoms with Gasteiger partial charge in [0.2, 0.25) is 10.0 Å². The Labute approximate surface area is 166 Å². The molecule has 0 aliphatic carbocycles. The summed E-state index contributed by atoms with van der Waals surface area (Å²) >= 11 is 0. The van der Waals surface area contributed by atoms with Gasteiger partial charge in [-0.3, -0.25) is 0 Å². The van der Waals surface area contributed by atoms with Crippen LogP contribution in [0, 0.1) is 0 Å². The molecule has 0 unspecified atom stereocenters. The first-order valence-electron chi connectivity index (χ1n) is 9.74. The van der Waals surface area contributed by atoms with Crippen molar-refractivity contribution in [3.05, 3.63) is 66.2 Å². The highest BCUT2D eigenvalue weighted by Gasteiger charge is 2.31. The maximum Gasteiger partial charge on any atom is 0.243 e. The van der Waals surface area contributed by atoms with E-state index in [9.17, 15) is 8.42 Å². The lowest BCUT2D eigenvalue weighted by Gasteiger charge is -2.32. The van der Waals surface area contributed by atoms with E-state index in [2.05, 4.69) is 22.4 Å². The van der Waals surface area contributed by atoms with Gasteiger partial charge in [0, 0.05) is 24.5 Å². The van der Waals surface area contributed by atoms with Crippen molar-refractivity contribution in [2.75, 3.05) is 11.9 Å². The van der Waals surface area contributed by atoms with Crippen LogP contribution in [-0.2, 0) is 16.6 Å². The largest absolute Gasteiger partial charge is 0.366 e. The third-order valence-corrected chi connectivity index (χ3v) is 7.34. The molecule has 0 spiro atoms. The Bertz CT molecular complexity index is 1070. The van der Waals surface area contributed by atoms with Crippen molar-refractivity contribution in [3.8, 4) is 0 Å². The zero-order valence-electron chi connectivity index (χ0n) is 16.0. The maximum absolute atomic E-state index is 13.1. The van der Waals surface area contributed by atoms with E-state index in [4.69, 9.17) is 0 Å². The van der Waals surface area contributed by atoms with E-state index in [0.29, 0.717) is 18.0 Å². The van der Waals surface area contributed by atoms with Gasteiger partial charge >= 0.3 is 0 Å². The Kier molecular flexibility index (Phi) is 5.33. The number of benzene rings is 2. The van der Waals surface area contributed by atoms with Crippen LogP contribution in [0.25, 0.3) is 10.9 Å². The third kappa shape index (κ3) is 3.88. The molecule has 0 radical (unpaired) electrons. The van der Waals surface area contributed by atoms with E-state index in [1.54, 1.807) is 22.5 Å². The van der Waals surface area contributed by atoms with Gasteiger partial charge in [-0.15, -0.1) is 0 Å². The molecule has 6 heteroatoms. The van der Waals surface area contributed by atoms with Crippen molar-refractivity contribution in [3.63, 3.8) is 0 Å². The molecule has 1 saturated heterocycles. The van der Waals surface area contributed by atoms with Gasteiger partial charge in [-0.2, -0.15) is 4.31 Å². The van der Waals surface area contributed by atoms with Crippen LogP contribution in [0.2, 0.25) is 0 Å². The average Bonchev–Trinajstić information content (AvgIpc) is 2.72. The number of pyridine rings is 1. The second-order valence-corrected chi connectivity index (χ2v) is 9.24. The fourth-order valence-electron chi connectivity index (χ4n) is 3.72. The molecule has 1 atom stereocenters. The molecule has 2 aromatic carbocycles. The second kappa shape index (κ2) is 7.89. The Morgan fingerprint density at radius 2 is 1.89 bits per heavy atom. The van der Waals surface area contributed by atoms with Crippen LogP contribution in [0.5, 0.6) is 0 Å². The molecule has 28 heavy (non-hydrogen) atoms. The van der Waals surface area contributed by atoms with Gasteiger partial charge in [0.1, 0.15) is 5.82 Å². The van der Waals surface area contributed by atoms with E-state index < -0.39 is 10.0 Å². The SMILES string of the molecule is C[C@@H]1CCCCN1S(=O)(=O)c1ccc2nc(NCc3ccccc3)ccc2c1. The minimum Gasteiger partial charge on any atom is -0.366 e. The van der Waals surface area contributed by atoms with E-state index in [1.165, 1.54) is 5.56 Å². The maximum atomic E-state index is 13.1. The first-order chi connectivity index (χ1) is 13.5. The summed E-state index contributed by atoms with van der Waals surface area (Å²) in [4.78, 5) is 4.97. The highest BCUT2D eigenvalue weighted by Crippen LogP contribution is 2.27. The molecule has 5 nitrogen and oxygen atoms in total. The van der Waals surface area contributed by atoms with Crippen molar-refractivity contribution in [1.29, 1.82) is 0 Å². The zero-order chi connectivity index (χ0) is 19.6. The Morgan fingerprint density at radius 3 is 2.68 bits per heavy atom. The fraction of sp³-hybridized carbons (Fsp3) is 0.318. The summed E-state index contributed by atoms with van der Waals surface area (Å²) in [7, 11) is -3.47. The van der Waals surface area contributed by atoms with Crippen molar-refractivity contribution in [1.82, 2.24) is 9.29 Å². The molecule has 0 amide bonds. The zero-order valence-corrected chi connectivity index (χ0v) is 16.8. The van der Waals surface area contributed by atoms with Crippen molar-refractivity contribution < 1.29 is 8.42 Å². The van der Waals surface area contributed by atoms with Gasteiger partial charge in [0.15, 0.2) is 0 Å². The van der Waals surface area contributed by atoms with Crippen LogP contribution in [0.15, 0.2) is 65.6 Å². The molecular weight excluding hydrogens is 370 g/mol. The summed E-state index contributed by atoms with van der Waals surface area (Å²) in [6, 6.07) is 19.2.